The Bertz CT molecular complexity index is 1350. The van der Waals surface area contributed by atoms with Crippen molar-refractivity contribution in [1.29, 1.82) is 5.26 Å². The molecule has 2 aliphatic rings. The van der Waals surface area contributed by atoms with Crippen molar-refractivity contribution in [2.24, 2.45) is 5.73 Å². The maximum absolute atomic E-state index is 9.97. The molecule has 3 N–H and O–H groups in total. The molecule has 0 spiro atoms. The highest BCUT2D eigenvalue weighted by Gasteiger charge is 2.43. The number of anilines is 1. The van der Waals surface area contributed by atoms with Crippen LogP contribution in [0.4, 0.5) is 5.69 Å². The molecule has 0 radical (unpaired) electrons. The van der Waals surface area contributed by atoms with E-state index >= 15 is 0 Å². The number of halogens is 2. The van der Waals surface area contributed by atoms with Crippen LogP contribution in [-0.4, -0.2) is 5.54 Å². The average molecular weight is 490 g/mol. The number of ether oxygens (including phenoxy) is 1. The Morgan fingerprint density at radius 3 is 2.24 bits per heavy atom. The number of nitriles is 1. The zero-order valence-corrected chi connectivity index (χ0v) is 20.8. The van der Waals surface area contributed by atoms with E-state index in [2.05, 4.69) is 50.4 Å². The molecular formula is C28H25Cl2N3O. The molecule has 5 rings (SSSR count). The molecule has 34 heavy (non-hydrogen) atoms. The van der Waals surface area contributed by atoms with Crippen LogP contribution < -0.4 is 15.8 Å². The van der Waals surface area contributed by atoms with Crippen molar-refractivity contribution >= 4 is 28.9 Å². The third-order valence-corrected chi connectivity index (χ3v) is 7.41. The molecule has 0 saturated carbocycles. The zero-order valence-electron chi connectivity index (χ0n) is 19.2. The maximum atomic E-state index is 9.97. The van der Waals surface area contributed by atoms with Crippen LogP contribution in [0.2, 0.25) is 10.0 Å². The monoisotopic (exact) mass is 489 g/mol. The number of allylic oxidation sites excluding steroid dienone is 1. The lowest BCUT2D eigenvalue weighted by molar-refractivity contribution is 0.371. The molecule has 0 aromatic heterocycles. The summed E-state index contributed by atoms with van der Waals surface area (Å²) in [5, 5.41) is 15.0. The first-order valence-corrected chi connectivity index (χ1v) is 11.9. The smallest absolute Gasteiger partial charge is 0.205 e. The summed E-state index contributed by atoms with van der Waals surface area (Å²) in [6.45, 7) is 6.66. The molecule has 2 heterocycles. The van der Waals surface area contributed by atoms with Gasteiger partial charge in [0.2, 0.25) is 5.88 Å². The second-order valence-electron chi connectivity index (χ2n) is 9.94. The largest absolute Gasteiger partial charge is 0.440 e. The highest BCUT2D eigenvalue weighted by atomic mass is 35.5. The first-order valence-electron chi connectivity index (χ1n) is 11.2. The number of hydrogen-bond acceptors (Lipinski definition) is 4. The van der Waals surface area contributed by atoms with Gasteiger partial charge in [-0.15, -0.1) is 0 Å². The predicted octanol–water partition coefficient (Wildman–Crippen LogP) is 7.11. The van der Waals surface area contributed by atoms with E-state index in [9.17, 15) is 5.26 Å². The molecule has 172 valence electrons. The van der Waals surface area contributed by atoms with Crippen LogP contribution in [0.25, 0.3) is 0 Å². The van der Waals surface area contributed by atoms with E-state index in [0.29, 0.717) is 21.4 Å². The summed E-state index contributed by atoms with van der Waals surface area (Å²) in [4.78, 5) is 0. The summed E-state index contributed by atoms with van der Waals surface area (Å²) in [7, 11) is 0. The Balaban J connectivity index is 1.75. The molecule has 3 aromatic carbocycles. The fourth-order valence-corrected chi connectivity index (χ4v) is 5.78. The first kappa shape index (κ1) is 22.7. The predicted molar refractivity (Wildman–Crippen MR) is 137 cm³/mol. The van der Waals surface area contributed by atoms with Gasteiger partial charge in [0, 0.05) is 38.3 Å². The standard InChI is InChI=1S/C28H25Cl2N3O/c1-27(2)15-28(3,17-6-10-19(30)11-7-17)22-12-20-24(13-23(22)33-27)34-26(32)21(14-31)25(20)16-4-8-18(29)9-5-16/h4-13,25,33H,15,32H2,1-3H3. The molecule has 0 fully saturated rings. The zero-order chi connectivity index (χ0) is 24.3. The summed E-state index contributed by atoms with van der Waals surface area (Å²) in [6, 6.07) is 22.1. The van der Waals surface area contributed by atoms with Crippen LogP contribution in [-0.2, 0) is 5.41 Å². The SMILES string of the molecule is CC1(C)CC(C)(c2ccc(Cl)cc2)c2cc3c(cc2N1)OC(N)=C(C#N)C3c1ccc(Cl)cc1. The van der Waals surface area contributed by atoms with Crippen molar-refractivity contribution in [3.05, 3.63) is 104 Å². The average Bonchev–Trinajstić information content (AvgIpc) is 2.77. The molecule has 0 amide bonds. The van der Waals surface area contributed by atoms with Gasteiger partial charge in [-0.2, -0.15) is 5.26 Å². The number of nitrogens with zero attached hydrogens (tertiary/aromatic N) is 1. The molecule has 0 aliphatic carbocycles. The lowest BCUT2D eigenvalue weighted by atomic mass is 9.65. The number of fused-ring (bicyclic) bond motifs is 2. The van der Waals surface area contributed by atoms with Gasteiger partial charge in [-0.05, 0) is 67.3 Å². The molecule has 2 unspecified atom stereocenters. The van der Waals surface area contributed by atoms with Crippen molar-refractivity contribution < 1.29 is 4.74 Å². The lowest BCUT2D eigenvalue weighted by Gasteiger charge is -2.46. The van der Waals surface area contributed by atoms with Crippen molar-refractivity contribution in [2.75, 3.05) is 5.32 Å². The summed E-state index contributed by atoms with van der Waals surface area (Å²) in [5.41, 5.74) is 11.4. The summed E-state index contributed by atoms with van der Waals surface area (Å²) >= 11 is 12.3. The quantitative estimate of drug-likeness (QED) is 0.402. The third kappa shape index (κ3) is 3.70. The Kier molecular flexibility index (Phi) is 5.31. The Morgan fingerprint density at radius 2 is 1.62 bits per heavy atom. The molecule has 6 heteroatoms. The lowest BCUT2D eigenvalue weighted by Crippen LogP contribution is -2.45. The van der Waals surface area contributed by atoms with Crippen LogP contribution in [0.1, 0.15) is 55.4 Å². The topological polar surface area (TPSA) is 71.1 Å². The normalized spacial score (nSPS) is 22.6. The summed E-state index contributed by atoms with van der Waals surface area (Å²) < 4.78 is 5.99. The van der Waals surface area contributed by atoms with Crippen LogP contribution in [0.15, 0.2) is 72.1 Å². The van der Waals surface area contributed by atoms with Crippen LogP contribution in [0, 0.1) is 11.3 Å². The summed E-state index contributed by atoms with van der Waals surface area (Å²) in [5.74, 6) is 0.435. The van der Waals surface area contributed by atoms with E-state index in [1.807, 2.05) is 42.5 Å². The number of rotatable bonds is 2. The van der Waals surface area contributed by atoms with Gasteiger partial charge in [0.1, 0.15) is 17.4 Å². The molecule has 4 nitrogen and oxygen atoms in total. The van der Waals surface area contributed by atoms with Crippen LogP contribution >= 0.6 is 23.2 Å². The molecule has 3 aromatic rings. The fraction of sp³-hybridized carbons (Fsp3) is 0.250. The minimum atomic E-state index is -0.347. The van der Waals surface area contributed by atoms with Gasteiger partial charge in [-0.1, -0.05) is 54.4 Å². The number of benzene rings is 3. The van der Waals surface area contributed by atoms with Gasteiger partial charge < -0.3 is 15.8 Å². The maximum Gasteiger partial charge on any atom is 0.205 e. The Morgan fingerprint density at radius 1 is 1.00 bits per heavy atom. The second-order valence-corrected chi connectivity index (χ2v) is 10.8. The van der Waals surface area contributed by atoms with E-state index in [-0.39, 0.29) is 22.8 Å². The van der Waals surface area contributed by atoms with E-state index in [4.69, 9.17) is 33.7 Å². The van der Waals surface area contributed by atoms with E-state index in [1.165, 1.54) is 5.56 Å². The van der Waals surface area contributed by atoms with Gasteiger partial charge in [0.05, 0.1) is 5.92 Å². The fourth-order valence-electron chi connectivity index (χ4n) is 5.53. The van der Waals surface area contributed by atoms with E-state index in [1.54, 1.807) is 0 Å². The molecule has 2 aliphatic heterocycles. The highest BCUT2D eigenvalue weighted by Crippen LogP contribution is 2.52. The highest BCUT2D eigenvalue weighted by molar-refractivity contribution is 6.30. The Labute approximate surface area is 209 Å². The molecule has 0 saturated heterocycles. The molecule has 0 bridgehead atoms. The van der Waals surface area contributed by atoms with Crippen molar-refractivity contribution in [3.63, 3.8) is 0 Å². The van der Waals surface area contributed by atoms with Gasteiger partial charge in [-0.25, -0.2) is 0 Å². The van der Waals surface area contributed by atoms with Gasteiger partial charge in [0.25, 0.3) is 0 Å². The number of nitrogens with two attached hydrogens (primary N) is 1. The number of hydrogen-bond donors (Lipinski definition) is 2. The van der Waals surface area contributed by atoms with Crippen molar-refractivity contribution in [2.45, 2.75) is 44.1 Å². The summed E-state index contributed by atoms with van der Waals surface area (Å²) in [6.07, 6.45) is 0.878. The van der Waals surface area contributed by atoms with Gasteiger partial charge >= 0.3 is 0 Å². The molecular weight excluding hydrogens is 465 g/mol. The third-order valence-electron chi connectivity index (χ3n) is 6.90. The minimum Gasteiger partial charge on any atom is -0.440 e. The van der Waals surface area contributed by atoms with E-state index < -0.39 is 0 Å². The van der Waals surface area contributed by atoms with Gasteiger partial charge in [0.15, 0.2) is 0 Å². The van der Waals surface area contributed by atoms with Crippen LogP contribution in [0.5, 0.6) is 5.75 Å². The first-order chi connectivity index (χ1) is 16.1. The minimum absolute atomic E-state index is 0.130. The molecule has 2 atom stereocenters. The van der Waals surface area contributed by atoms with Crippen molar-refractivity contribution in [3.8, 4) is 11.8 Å². The van der Waals surface area contributed by atoms with E-state index in [0.717, 1.165) is 28.8 Å². The Hall–Kier alpha value is -3.13. The van der Waals surface area contributed by atoms with Gasteiger partial charge in [-0.3, -0.25) is 0 Å². The number of nitrogens with one attached hydrogen (secondary N) is 1. The van der Waals surface area contributed by atoms with Crippen LogP contribution in [0.3, 0.4) is 0 Å². The second kappa shape index (κ2) is 7.98. The van der Waals surface area contributed by atoms with Crippen molar-refractivity contribution in [1.82, 2.24) is 0 Å².